The first-order valence-electron chi connectivity index (χ1n) is 6.60. The maximum atomic E-state index is 6.11. The van der Waals surface area contributed by atoms with Gasteiger partial charge in [0.1, 0.15) is 11.4 Å². The van der Waals surface area contributed by atoms with Crippen LogP contribution in [0.4, 0.5) is 0 Å². The summed E-state index contributed by atoms with van der Waals surface area (Å²) in [4.78, 5) is 6.03. The molecule has 0 atom stereocenters. The number of nitrogens with zero attached hydrogens (tertiary/aromatic N) is 1. The lowest BCUT2D eigenvalue weighted by Gasteiger charge is -2.31. The molecule has 100 valence electrons. The average molecular weight is 274 g/mol. The summed E-state index contributed by atoms with van der Waals surface area (Å²) in [6.45, 7) is 4.92. The number of rotatable bonds is 3. The molecular formula is C15H18N2OS. The fraction of sp³-hybridized carbons (Fsp3) is 0.400. The van der Waals surface area contributed by atoms with E-state index in [1.165, 1.54) is 4.88 Å². The first-order valence-corrected chi connectivity index (χ1v) is 7.42. The van der Waals surface area contributed by atoms with Gasteiger partial charge in [0.2, 0.25) is 0 Å². The lowest BCUT2D eigenvalue weighted by Crippen LogP contribution is -2.27. The second-order valence-corrected chi connectivity index (χ2v) is 6.37. The van der Waals surface area contributed by atoms with Gasteiger partial charge < -0.3 is 10.5 Å². The second-order valence-electron chi connectivity index (χ2n) is 5.29. The Bertz CT molecular complexity index is 604. The van der Waals surface area contributed by atoms with Gasteiger partial charge in [0.25, 0.3) is 0 Å². The normalized spacial score (nSPS) is 15.5. The topological polar surface area (TPSA) is 48.1 Å². The lowest BCUT2D eigenvalue weighted by molar-refractivity contribution is 0.109. The van der Waals surface area contributed by atoms with Crippen LogP contribution in [-0.2, 0) is 12.0 Å². The van der Waals surface area contributed by atoms with Crippen LogP contribution in [0, 0.1) is 0 Å². The molecule has 0 bridgehead atoms. The van der Waals surface area contributed by atoms with Gasteiger partial charge in [-0.25, -0.2) is 4.98 Å². The minimum atomic E-state index is -0.303. The van der Waals surface area contributed by atoms with E-state index in [9.17, 15) is 0 Å². The van der Waals surface area contributed by atoms with E-state index in [-0.39, 0.29) is 5.60 Å². The Balaban J connectivity index is 2.09. The highest BCUT2D eigenvalue weighted by Crippen LogP contribution is 2.47. The lowest BCUT2D eigenvalue weighted by atomic mass is 9.97. The molecule has 1 aromatic carbocycles. The van der Waals surface area contributed by atoms with Crippen molar-refractivity contribution in [3.63, 3.8) is 0 Å². The molecule has 2 heterocycles. The highest BCUT2D eigenvalue weighted by Gasteiger charge is 2.35. The quantitative estimate of drug-likeness (QED) is 0.934. The highest BCUT2D eigenvalue weighted by molar-refractivity contribution is 7.12. The molecule has 0 spiro atoms. The van der Waals surface area contributed by atoms with Crippen LogP contribution in [0.15, 0.2) is 24.3 Å². The zero-order chi connectivity index (χ0) is 13.5. The predicted molar refractivity (Wildman–Crippen MR) is 78.6 cm³/mol. The van der Waals surface area contributed by atoms with Gasteiger partial charge >= 0.3 is 0 Å². The van der Waals surface area contributed by atoms with Crippen LogP contribution in [0.25, 0.3) is 11.3 Å². The Morgan fingerprint density at radius 3 is 2.89 bits per heavy atom. The van der Waals surface area contributed by atoms with E-state index < -0.39 is 0 Å². The maximum absolute atomic E-state index is 6.11. The van der Waals surface area contributed by atoms with E-state index in [1.54, 1.807) is 11.3 Å². The van der Waals surface area contributed by atoms with Crippen molar-refractivity contribution in [2.45, 2.75) is 32.3 Å². The number of nitrogens with two attached hydrogens (primary N) is 1. The highest BCUT2D eigenvalue weighted by atomic mass is 32.1. The summed E-state index contributed by atoms with van der Waals surface area (Å²) < 4.78 is 6.11. The van der Waals surface area contributed by atoms with Crippen molar-refractivity contribution in [1.29, 1.82) is 0 Å². The molecule has 1 aromatic heterocycles. The standard InChI is InChI=1S/C15H18N2OS/c1-15(2)14-13(17-12(19-14)8-5-9-16)10-6-3-4-7-11(10)18-15/h3-4,6-7H,5,8-9,16H2,1-2H3. The number of aryl methyl sites for hydroxylation is 1. The van der Waals surface area contributed by atoms with Crippen LogP contribution in [0.3, 0.4) is 0 Å². The number of benzene rings is 1. The Morgan fingerprint density at radius 2 is 2.11 bits per heavy atom. The molecule has 0 unspecified atom stereocenters. The van der Waals surface area contributed by atoms with Crippen LogP contribution in [0.2, 0.25) is 0 Å². The van der Waals surface area contributed by atoms with Gasteiger partial charge in [-0.1, -0.05) is 12.1 Å². The SMILES string of the molecule is CC1(C)Oc2ccccc2-c2nc(CCCN)sc21. The van der Waals surface area contributed by atoms with Crippen LogP contribution in [-0.4, -0.2) is 11.5 Å². The van der Waals surface area contributed by atoms with Crippen LogP contribution in [0.1, 0.15) is 30.2 Å². The minimum Gasteiger partial charge on any atom is -0.482 e. The molecule has 0 aliphatic carbocycles. The summed E-state index contributed by atoms with van der Waals surface area (Å²) in [6, 6.07) is 8.12. The van der Waals surface area contributed by atoms with Crippen molar-refractivity contribution in [1.82, 2.24) is 4.98 Å². The Kier molecular flexibility index (Phi) is 3.07. The molecule has 0 radical (unpaired) electrons. The first kappa shape index (κ1) is 12.6. The second kappa shape index (κ2) is 4.62. The molecule has 2 aromatic rings. The zero-order valence-corrected chi connectivity index (χ0v) is 12.1. The molecule has 19 heavy (non-hydrogen) atoms. The van der Waals surface area contributed by atoms with E-state index in [0.717, 1.165) is 34.9 Å². The van der Waals surface area contributed by atoms with Gasteiger partial charge in [-0.3, -0.25) is 0 Å². The Hall–Kier alpha value is -1.39. The van der Waals surface area contributed by atoms with Crippen molar-refractivity contribution < 1.29 is 4.74 Å². The Morgan fingerprint density at radius 1 is 1.32 bits per heavy atom. The molecule has 0 amide bonds. The number of aromatic nitrogens is 1. The van der Waals surface area contributed by atoms with Crippen molar-refractivity contribution in [2.24, 2.45) is 5.73 Å². The van der Waals surface area contributed by atoms with E-state index in [4.69, 9.17) is 15.5 Å². The molecule has 2 N–H and O–H groups in total. The van der Waals surface area contributed by atoms with Crippen LogP contribution < -0.4 is 10.5 Å². The monoisotopic (exact) mass is 274 g/mol. The van der Waals surface area contributed by atoms with Gasteiger partial charge in [0.15, 0.2) is 0 Å². The summed E-state index contributed by atoms with van der Waals surface area (Å²) in [5, 5.41) is 1.16. The molecule has 1 aliphatic rings. The van der Waals surface area contributed by atoms with Crippen molar-refractivity contribution in [2.75, 3.05) is 6.54 Å². The number of fused-ring (bicyclic) bond motifs is 3. The number of hydrogen-bond acceptors (Lipinski definition) is 4. The summed E-state index contributed by atoms with van der Waals surface area (Å²) in [5.41, 5.74) is 7.47. The third kappa shape index (κ3) is 2.15. The number of para-hydroxylation sites is 1. The van der Waals surface area contributed by atoms with Crippen LogP contribution >= 0.6 is 11.3 Å². The van der Waals surface area contributed by atoms with E-state index in [1.807, 2.05) is 18.2 Å². The molecule has 3 nitrogen and oxygen atoms in total. The number of ether oxygens (including phenoxy) is 1. The molecule has 1 aliphatic heterocycles. The third-order valence-corrected chi connectivity index (χ3v) is 4.74. The molecule has 3 rings (SSSR count). The summed E-state index contributed by atoms with van der Waals surface area (Å²) in [7, 11) is 0. The fourth-order valence-corrected chi connectivity index (χ4v) is 3.55. The smallest absolute Gasteiger partial charge is 0.140 e. The van der Waals surface area contributed by atoms with Gasteiger partial charge in [-0.2, -0.15) is 0 Å². The third-order valence-electron chi connectivity index (χ3n) is 3.32. The molecule has 0 fully saturated rings. The average Bonchev–Trinajstić information content (AvgIpc) is 2.81. The molecule has 0 saturated carbocycles. The minimum absolute atomic E-state index is 0.303. The molecule has 0 saturated heterocycles. The zero-order valence-electron chi connectivity index (χ0n) is 11.3. The number of hydrogen-bond donors (Lipinski definition) is 1. The van der Waals surface area contributed by atoms with E-state index in [0.29, 0.717) is 6.54 Å². The van der Waals surface area contributed by atoms with E-state index in [2.05, 4.69) is 19.9 Å². The first-order chi connectivity index (χ1) is 9.12. The van der Waals surface area contributed by atoms with Crippen molar-refractivity contribution >= 4 is 11.3 Å². The number of thiazole rings is 1. The van der Waals surface area contributed by atoms with Gasteiger partial charge in [-0.05, 0) is 38.9 Å². The van der Waals surface area contributed by atoms with Crippen molar-refractivity contribution in [3.8, 4) is 17.0 Å². The van der Waals surface area contributed by atoms with E-state index >= 15 is 0 Å². The fourth-order valence-electron chi connectivity index (χ4n) is 2.39. The molecular weight excluding hydrogens is 256 g/mol. The summed E-state index contributed by atoms with van der Waals surface area (Å²) >= 11 is 1.75. The predicted octanol–water partition coefficient (Wildman–Crippen LogP) is 3.33. The van der Waals surface area contributed by atoms with Crippen LogP contribution in [0.5, 0.6) is 5.75 Å². The maximum Gasteiger partial charge on any atom is 0.140 e. The largest absolute Gasteiger partial charge is 0.482 e. The summed E-state index contributed by atoms with van der Waals surface area (Å²) in [5.74, 6) is 0.927. The van der Waals surface area contributed by atoms with Crippen molar-refractivity contribution in [3.05, 3.63) is 34.2 Å². The Labute approximate surface area is 117 Å². The molecule has 4 heteroatoms. The summed E-state index contributed by atoms with van der Waals surface area (Å²) in [6.07, 6.45) is 1.93. The van der Waals surface area contributed by atoms with Gasteiger partial charge in [0.05, 0.1) is 15.6 Å². The van der Waals surface area contributed by atoms with Gasteiger partial charge in [-0.15, -0.1) is 11.3 Å². The van der Waals surface area contributed by atoms with Gasteiger partial charge in [0, 0.05) is 12.0 Å².